The lowest BCUT2D eigenvalue weighted by molar-refractivity contribution is -0.131. The summed E-state index contributed by atoms with van der Waals surface area (Å²) in [5.74, 6) is -1.93. The second-order valence-electron chi connectivity index (χ2n) is 1.07. The van der Waals surface area contributed by atoms with Gasteiger partial charge in [-0.2, -0.15) is 0 Å². The van der Waals surface area contributed by atoms with Crippen LogP contribution in [0.3, 0.4) is 0 Å². The average molecular weight is 115 g/mol. The van der Waals surface area contributed by atoms with Crippen LogP contribution in [0, 0.1) is 0 Å². The summed E-state index contributed by atoms with van der Waals surface area (Å²) in [7, 11) is 0. The van der Waals surface area contributed by atoms with Gasteiger partial charge >= 0.3 is 5.97 Å². The monoisotopic (exact) mass is 115 g/mol. The molecule has 3 N–H and O–H groups in total. The van der Waals surface area contributed by atoms with Crippen LogP contribution < -0.4 is 5.73 Å². The third-order valence-corrected chi connectivity index (χ3v) is 0.390. The standard InChI is InChI=1S/C4H5NO3/c5-3(6)1-2-4(7)8/h1-2H,(H2,5,6)(H,7,8)/b2-1+. The molecule has 0 aliphatic rings. The molecule has 0 unspecified atom stereocenters. The van der Waals surface area contributed by atoms with Crippen LogP contribution in [0.25, 0.3) is 0 Å². The minimum Gasteiger partial charge on any atom is -0.478 e. The van der Waals surface area contributed by atoms with E-state index in [1.54, 1.807) is 0 Å². The SMILES string of the molecule is NC(=O)/C=C/C(=O)O. The highest BCUT2D eigenvalue weighted by molar-refractivity contribution is 5.92. The largest absolute Gasteiger partial charge is 0.478 e. The van der Waals surface area contributed by atoms with Crippen LogP contribution in [-0.4, -0.2) is 17.0 Å². The van der Waals surface area contributed by atoms with Gasteiger partial charge in [0.1, 0.15) is 0 Å². The summed E-state index contributed by atoms with van der Waals surface area (Å²) in [5.41, 5.74) is 4.55. The first-order valence-electron chi connectivity index (χ1n) is 1.83. The molecule has 0 fully saturated rings. The average Bonchev–Trinajstić information content (AvgIpc) is 1.61. The molecule has 0 bridgehead atoms. The van der Waals surface area contributed by atoms with Crippen LogP contribution in [0.4, 0.5) is 0 Å². The Bertz CT molecular complexity index is 122. The summed E-state index contributed by atoms with van der Waals surface area (Å²) in [6, 6.07) is 0. The summed E-state index contributed by atoms with van der Waals surface area (Å²) in [4.78, 5) is 19.4. The molecule has 0 spiro atoms. The van der Waals surface area contributed by atoms with Gasteiger partial charge in [-0.3, -0.25) is 4.79 Å². The molecule has 4 heteroatoms. The van der Waals surface area contributed by atoms with Gasteiger partial charge in [0.2, 0.25) is 5.91 Å². The molecule has 1 amide bonds. The van der Waals surface area contributed by atoms with E-state index in [0.29, 0.717) is 6.08 Å². The predicted molar refractivity (Wildman–Crippen MR) is 26.0 cm³/mol. The Morgan fingerprint density at radius 1 is 1.38 bits per heavy atom. The van der Waals surface area contributed by atoms with Crippen molar-refractivity contribution in [1.82, 2.24) is 0 Å². The number of hydrogen-bond donors (Lipinski definition) is 2. The van der Waals surface area contributed by atoms with Gasteiger partial charge in [-0.05, 0) is 0 Å². The Morgan fingerprint density at radius 2 is 1.88 bits per heavy atom. The van der Waals surface area contributed by atoms with Crippen molar-refractivity contribution < 1.29 is 14.7 Å². The van der Waals surface area contributed by atoms with Crippen molar-refractivity contribution in [3.8, 4) is 0 Å². The van der Waals surface area contributed by atoms with E-state index in [0.717, 1.165) is 6.08 Å². The van der Waals surface area contributed by atoms with Crippen LogP contribution in [0.15, 0.2) is 12.2 Å². The summed E-state index contributed by atoms with van der Waals surface area (Å²) in [5, 5.41) is 7.87. The molecule has 0 saturated carbocycles. The number of carboxylic acids is 1. The van der Waals surface area contributed by atoms with Gasteiger partial charge in [0.15, 0.2) is 0 Å². The van der Waals surface area contributed by atoms with Crippen LogP contribution in [-0.2, 0) is 9.59 Å². The Balaban J connectivity index is 3.67. The zero-order chi connectivity index (χ0) is 6.57. The second-order valence-corrected chi connectivity index (χ2v) is 1.07. The normalized spacial score (nSPS) is 9.50. The number of hydrogen-bond acceptors (Lipinski definition) is 2. The first kappa shape index (κ1) is 6.68. The van der Waals surface area contributed by atoms with E-state index in [4.69, 9.17) is 5.11 Å². The lowest BCUT2D eigenvalue weighted by Crippen LogP contribution is -2.06. The summed E-state index contributed by atoms with van der Waals surface area (Å²) in [6.45, 7) is 0. The third-order valence-electron chi connectivity index (χ3n) is 0.390. The number of nitrogens with two attached hydrogens (primary N) is 1. The number of rotatable bonds is 2. The Kier molecular flexibility index (Phi) is 2.33. The van der Waals surface area contributed by atoms with Gasteiger partial charge in [-0.1, -0.05) is 0 Å². The van der Waals surface area contributed by atoms with Gasteiger partial charge in [-0.25, -0.2) is 4.79 Å². The number of aliphatic carboxylic acids is 1. The summed E-state index contributed by atoms with van der Waals surface area (Å²) < 4.78 is 0. The molecule has 0 atom stereocenters. The fourth-order valence-corrected chi connectivity index (χ4v) is 0.153. The van der Waals surface area contributed by atoms with Gasteiger partial charge in [-0.15, -0.1) is 0 Å². The van der Waals surface area contributed by atoms with Gasteiger partial charge < -0.3 is 10.8 Å². The first-order chi connectivity index (χ1) is 3.63. The Labute approximate surface area is 45.6 Å². The Hall–Kier alpha value is -1.32. The first-order valence-corrected chi connectivity index (χ1v) is 1.83. The number of carboxylic acid groups (broad SMARTS) is 1. The minimum atomic E-state index is -1.18. The molecular weight excluding hydrogens is 110 g/mol. The van der Waals surface area contributed by atoms with E-state index in [-0.39, 0.29) is 0 Å². The third kappa shape index (κ3) is 4.68. The maximum absolute atomic E-state index is 9.78. The van der Waals surface area contributed by atoms with E-state index in [9.17, 15) is 9.59 Å². The molecule has 0 aliphatic heterocycles. The van der Waals surface area contributed by atoms with Crippen molar-refractivity contribution in [3.63, 3.8) is 0 Å². The number of amides is 1. The Morgan fingerprint density at radius 3 is 2.00 bits per heavy atom. The molecule has 4 nitrogen and oxygen atoms in total. The molecule has 0 aromatic heterocycles. The van der Waals surface area contributed by atoms with Crippen LogP contribution in [0.2, 0.25) is 0 Å². The quantitative estimate of drug-likeness (QED) is 0.458. The summed E-state index contributed by atoms with van der Waals surface area (Å²) >= 11 is 0. The lowest BCUT2D eigenvalue weighted by Gasteiger charge is -1.75. The molecule has 0 saturated heterocycles. The molecule has 0 aromatic carbocycles. The topological polar surface area (TPSA) is 80.4 Å². The lowest BCUT2D eigenvalue weighted by atomic mass is 10.5. The molecule has 0 rings (SSSR count). The second kappa shape index (κ2) is 2.79. The van der Waals surface area contributed by atoms with Crippen molar-refractivity contribution in [2.24, 2.45) is 5.73 Å². The molecule has 8 heavy (non-hydrogen) atoms. The van der Waals surface area contributed by atoms with Gasteiger partial charge in [0, 0.05) is 12.2 Å². The molecule has 44 valence electrons. The van der Waals surface area contributed by atoms with E-state index >= 15 is 0 Å². The maximum atomic E-state index is 9.78. The number of carbonyl (C=O) groups is 2. The van der Waals surface area contributed by atoms with Crippen molar-refractivity contribution in [2.45, 2.75) is 0 Å². The molecule has 0 aliphatic carbocycles. The zero-order valence-electron chi connectivity index (χ0n) is 4.00. The van der Waals surface area contributed by atoms with E-state index in [1.807, 2.05) is 0 Å². The molecule has 0 aromatic rings. The maximum Gasteiger partial charge on any atom is 0.328 e. The van der Waals surface area contributed by atoms with Gasteiger partial charge in [0.25, 0.3) is 0 Å². The van der Waals surface area contributed by atoms with Crippen molar-refractivity contribution in [3.05, 3.63) is 12.2 Å². The van der Waals surface area contributed by atoms with Crippen molar-refractivity contribution in [2.75, 3.05) is 0 Å². The van der Waals surface area contributed by atoms with Crippen LogP contribution >= 0.6 is 0 Å². The van der Waals surface area contributed by atoms with E-state index in [1.165, 1.54) is 0 Å². The summed E-state index contributed by atoms with van der Waals surface area (Å²) in [6.07, 6.45) is 1.46. The molecule has 0 heterocycles. The van der Waals surface area contributed by atoms with Crippen molar-refractivity contribution >= 4 is 11.9 Å². The molecular formula is C4H5NO3. The fraction of sp³-hybridized carbons (Fsp3) is 0. The van der Waals surface area contributed by atoms with Gasteiger partial charge in [0.05, 0.1) is 0 Å². The highest BCUT2D eigenvalue weighted by Gasteiger charge is 1.86. The van der Waals surface area contributed by atoms with Crippen LogP contribution in [0.5, 0.6) is 0 Å². The predicted octanol–water partition coefficient (Wildman–Crippen LogP) is -0.888. The zero-order valence-corrected chi connectivity index (χ0v) is 4.00. The molecule has 0 radical (unpaired) electrons. The van der Waals surface area contributed by atoms with E-state index in [2.05, 4.69) is 5.73 Å². The van der Waals surface area contributed by atoms with Crippen molar-refractivity contribution in [1.29, 1.82) is 0 Å². The van der Waals surface area contributed by atoms with Crippen LogP contribution in [0.1, 0.15) is 0 Å². The highest BCUT2D eigenvalue weighted by Crippen LogP contribution is 1.68. The number of primary amides is 1. The smallest absolute Gasteiger partial charge is 0.328 e. The van der Waals surface area contributed by atoms with E-state index < -0.39 is 11.9 Å². The fourth-order valence-electron chi connectivity index (χ4n) is 0.153. The minimum absolute atomic E-state index is 0.683. The highest BCUT2D eigenvalue weighted by atomic mass is 16.4. The number of carbonyl (C=O) groups excluding carboxylic acids is 1.